The van der Waals surface area contributed by atoms with Gasteiger partial charge in [-0.25, -0.2) is 4.99 Å². The number of allylic oxidation sites excluding steroid dienone is 6. The van der Waals surface area contributed by atoms with E-state index in [1.165, 1.54) is 12.2 Å². The Balaban J connectivity index is 1.81. The lowest BCUT2D eigenvalue weighted by atomic mass is 9.85. The number of aromatic amines is 1. The number of Topliss-reactive ketones (excluding diaryl/α,β-unsaturated/α-hetero) is 1. The Kier molecular flexibility index (Phi) is 5.32. The predicted octanol–water partition coefficient (Wildman–Crippen LogP) is 1.65. The summed E-state index contributed by atoms with van der Waals surface area (Å²) in [6, 6.07) is 0. The van der Waals surface area contributed by atoms with Gasteiger partial charge in [0.15, 0.2) is 5.78 Å². The molecule has 0 spiro atoms. The van der Waals surface area contributed by atoms with Crippen LogP contribution in [0.5, 0.6) is 0 Å². The van der Waals surface area contributed by atoms with Crippen LogP contribution in [0.2, 0.25) is 0 Å². The number of aliphatic imine (C=N–C) groups is 1. The van der Waals surface area contributed by atoms with E-state index in [-0.39, 0.29) is 5.78 Å². The number of carbonyl (C=O) groups is 3. The standard InChI is InChI=1S/C23H24N4O3/c1-24-9-7-14-20-16(5-4-6-17(20)28)26-21(14)15-11-18(29)23(30)19-13(8-10-27(2)3)12-25-22(15)19/h4-6,11-12,24-25H,7-10H2,1-3H3. The maximum Gasteiger partial charge on any atom is 0.235 e. The molecular weight excluding hydrogens is 380 g/mol. The number of likely N-dealkylation sites (N-methyl/N-ethyl adjacent to an activating group) is 1. The third-order valence-electron chi connectivity index (χ3n) is 5.49. The maximum absolute atomic E-state index is 12.7. The lowest BCUT2D eigenvalue weighted by molar-refractivity contribution is -0.111. The molecule has 2 heterocycles. The second-order valence-electron chi connectivity index (χ2n) is 7.81. The van der Waals surface area contributed by atoms with E-state index in [1.807, 2.05) is 26.0 Å². The number of ketones is 3. The van der Waals surface area contributed by atoms with Gasteiger partial charge in [-0.1, -0.05) is 6.08 Å². The van der Waals surface area contributed by atoms with Gasteiger partial charge >= 0.3 is 0 Å². The summed E-state index contributed by atoms with van der Waals surface area (Å²) in [6.07, 6.45) is 9.41. The third kappa shape index (κ3) is 3.36. The van der Waals surface area contributed by atoms with E-state index in [4.69, 9.17) is 4.99 Å². The highest BCUT2D eigenvalue weighted by Gasteiger charge is 2.36. The second kappa shape index (κ2) is 7.93. The van der Waals surface area contributed by atoms with E-state index in [2.05, 4.69) is 10.3 Å². The summed E-state index contributed by atoms with van der Waals surface area (Å²) in [5, 5.41) is 3.10. The molecule has 0 saturated heterocycles. The van der Waals surface area contributed by atoms with E-state index < -0.39 is 11.6 Å². The van der Waals surface area contributed by atoms with E-state index in [0.717, 1.165) is 17.7 Å². The molecule has 2 N–H and O–H groups in total. The minimum atomic E-state index is -0.558. The number of hydrogen-bond donors (Lipinski definition) is 2. The van der Waals surface area contributed by atoms with Crippen LogP contribution in [-0.4, -0.2) is 67.2 Å². The van der Waals surface area contributed by atoms with Gasteiger partial charge in [-0.3, -0.25) is 14.4 Å². The minimum absolute atomic E-state index is 0.0884. The van der Waals surface area contributed by atoms with Crippen molar-refractivity contribution in [3.63, 3.8) is 0 Å². The molecule has 7 heteroatoms. The van der Waals surface area contributed by atoms with Crippen LogP contribution in [0.15, 0.2) is 52.3 Å². The molecule has 0 bridgehead atoms. The van der Waals surface area contributed by atoms with Gasteiger partial charge in [-0.05, 0) is 63.8 Å². The van der Waals surface area contributed by atoms with Crippen LogP contribution >= 0.6 is 0 Å². The van der Waals surface area contributed by atoms with Gasteiger partial charge in [-0.2, -0.15) is 0 Å². The van der Waals surface area contributed by atoms with Crippen molar-refractivity contribution >= 4 is 28.6 Å². The summed E-state index contributed by atoms with van der Waals surface area (Å²) in [6.45, 7) is 1.42. The largest absolute Gasteiger partial charge is 0.360 e. The van der Waals surface area contributed by atoms with Gasteiger partial charge < -0.3 is 15.2 Å². The molecule has 4 rings (SSSR count). The summed E-state index contributed by atoms with van der Waals surface area (Å²) in [5.74, 6) is -1.15. The summed E-state index contributed by atoms with van der Waals surface area (Å²) in [7, 11) is 5.77. The van der Waals surface area contributed by atoms with Gasteiger partial charge in [0, 0.05) is 24.4 Å². The van der Waals surface area contributed by atoms with Crippen molar-refractivity contribution < 1.29 is 14.4 Å². The number of fused-ring (bicyclic) bond motifs is 2. The molecule has 3 aliphatic rings. The number of rotatable bonds is 7. The molecule has 1 aromatic rings. The van der Waals surface area contributed by atoms with Crippen molar-refractivity contribution in [2.45, 2.75) is 12.8 Å². The van der Waals surface area contributed by atoms with Crippen LogP contribution in [0.25, 0.3) is 5.57 Å². The molecule has 1 aliphatic heterocycles. The van der Waals surface area contributed by atoms with Crippen molar-refractivity contribution in [1.82, 2.24) is 15.2 Å². The number of nitrogens with one attached hydrogen (secondary N) is 2. The number of nitrogens with zero attached hydrogens (tertiary/aromatic N) is 2. The van der Waals surface area contributed by atoms with Crippen molar-refractivity contribution in [3.8, 4) is 0 Å². The van der Waals surface area contributed by atoms with E-state index >= 15 is 0 Å². The average molecular weight is 404 g/mol. The van der Waals surface area contributed by atoms with Crippen LogP contribution < -0.4 is 5.32 Å². The van der Waals surface area contributed by atoms with Gasteiger partial charge in [-0.15, -0.1) is 0 Å². The lowest BCUT2D eigenvalue weighted by Gasteiger charge is -2.17. The molecule has 0 saturated carbocycles. The van der Waals surface area contributed by atoms with Gasteiger partial charge in [0.05, 0.1) is 28.2 Å². The molecule has 30 heavy (non-hydrogen) atoms. The molecule has 0 fully saturated rings. The topological polar surface area (TPSA) is 94.6 Å². The molecule has 0 unspecified atom stereocenters. The zero-order chi connectivity index (χ0) is 21.4. The quantitative estimate of drug-likeness (QED) is 0.674. The summed E-state index contributed by atoms with van der Waals surface area (Å²) in [4.78, 5) is 47.8. The Morgan fingerprint density at radius 1 is 1.13 bits per heavy atom. The zero-order valence-corrected chi connectivity index (χ0v) is 17.3. The monoisotopic (exact) mass is 404 g/mol. The Bertz CT molecular complexity index is 1110. The Labute approximate surface area is 174 Å². The molecule has 0 atom stereocenters. The van der Waals surface area contributed by atoms with Crippen LogP contribution in [0, 0.1) is 0 Å². The maximum atomic E-state index is 12.7. The van der Waals surface area contributed by atoms with Crippen molar-refractivity contribution in [3.05, 3.63) is 64.2 Å². The number of hydrogen-bond acceptors (Lipinski definition) is 6. The lowest BCUT2D eigenvalue weighted by Crippen LogP contribution is -2.24. The first-order valence-electron chi connectivity index (χ1n) is 9.98. The number of aromatic nitrogens is 1. The van der Waals surface area contributed by atoms with Crippen LogP contribution in [0.3, 0.4) is 0 Å². The smallest absolute Gasteiger partial charge is 0.235 e. The van der Waals surface area contributed by atoms with E-state index in [9.17, 15) is 14.4 Å². The highest BCUT2D eigenvalue weighted by atomic mass is 16.2. The zero-order valence-electron chi connectivity index (χ0n) is 17.3. The normalized spacial score (nSPS) is 18.0. The third-order valence-corrected chi connectivity index (χ3v) is 5.49. The minimum Gasteiger partial charge on any atom is -0.360 e. The van der Waals surface area contributed by atoms with Crippen molar-refractivity contribution in [2.75, 3.05) is 34.2 Å². The highest BCUT2D eigenvalue weighted by Crippen LogP contribution is 2.38. The molecule has 154 valence electrons. The molecule has 0 amide bonds. The molecule has 0 radical (unpaired) electrons. The van der Waals surface area contributed by atoms with Crippen LogP contribution in [0.4, 0.5) is 0 Å². The molecular formula is C23H24N4O3. The predicted molar refractivity (Wildman–Crippen MR) is 116 cm³/mol. The fraction of sp³-hybridized carbons (Fsp3) is 0.304. The second-order valence-corrected chi connectivity index (χ2v) is 7.81. The molecule has 1 aromatic heterocycles. The van der Waals surface area contributed by atoms with Gasteiger partial charge in [0.2, 0.25) is 11.6 Å². The van der Waals surface area contributed by atoms with E-state index in [1.54, 1.807) is 18.3 Å². The summed E-state index contributed by atoms with van der Waals surface area (Å²) >= 11 is 0. The molecule has 7 nitrogen and oxygen atoms in total. The fourth-order valence-corrected chi connectivity index (χ4v) is 3.99. The Morgan fingerprint density at radius 2 is 1.93 bits per heavy atom. The molecule has 0 aromatic carbocycles. The number of carbonyl (C=O) groups excluding carboxylic acids is 3. The first-order chi connectivity index (χ1) is 14.4. The SMILES string of the molecule is CNCCC1=C2C(=O)C=CC=C2N=C1C1=CC(=O)C(=O)c2c(CCN(C)C)c[nH]c21. The summed E-state index contributed by atoms with van der Waals surface area (Å²) < 4.78 is 0. The van der Waals surface area contributed by atoms with Gasteiger partial charge in [0.25, 0.3) is 0 Å². The first kappa shape index (κ1) is 20.1. The first-order valence-corrected chi connectivity index (χ1v) is 9.98. The Hall–Kier alpha value is -3.16. The molecule has 2 aliphatic carbocycles. The van der Waals surface area contributed by atoms with Crippen LogP contribution in [-0.2, 0) is 16.0 Å². The Morgan fingerprint density at radius 3 is 2.67 bits per heavy atom. The summed E-state index contributed by atoms with van der Waals surface area (Å²) in [5.41, 5.74) is 5.00. The van der Waals surface area contributed by atoms with Gasteiger partial charge in [0.1, 0.15) is 0 Å². The van der Waals surface area contributed by atoms with Crippen molar-refractivity contribution in [1.29, 1.82) is 0 Å². The number of H-pyrrole nitrogens is 1. The van der Waals surface area contributed by atoms with Crippen LogP contribution in [0.1, 0.15) is 28.0 Å². The van der Waals surface area contributed by atoms with Crippen molar-refractivity contribution in [2.24, 2.45) is 4.99 Å². The fourth-order valence-electron chi connectivity index (χ4n) is 3.99. The highest BCUT2D eigenvalue weighted by molar-refractivity contribution is 6.55. The average Bonchev–Trinajstić information content (AvgIpc) is 3.30. The van der Waals surface area contributed by atoms with E-state index in [0.29, 0.717) is 53.2 Å².